The molecule has 4 rings (SSSR count). The van der Waals surface area contributed by atoms with Gasteiger partial charge in [0, 0.05) is 17.8 Å². The van der Waals surface area contributed by atoms with Gasteiger partial charge in [0.2, 0.25) is 0 Å². The maximum Gasteiger partial charge on any atom is 0.350 e. The molecule has 0 aliphatic heterocycles. The van der Waals surface area contributed by atoms with Crippen molar-refractivity contribution >= 4 is 28.1 Å². The quantitative estimate of drug-likeness (QED) is 0.330. The van der Waals surface area contributed by atoms with Crippen molar-refractivity contribution in [3.8, 4) is 28.5 Å². The van der Waals surface area contributed by atoms with Crippen LogP contribution in [0.4, 0.5) is 5.82 Å². The van der Waals surface area contributed by atoms with Gasteiger partial charge in [0.25, 0.3) is 0 Å². The first-order chi connectivity index (χ1) is 16.5. The van der Waals surface area contributed by atoms with E-state index in [1.807, 2.05) is 53.8 Å². The van der Waals surface area contributed by atoms with Crippen LogP contribution in [0, 0.1) is 6.92 Å². The Morgan fingerprint density at radius 3 is 2.41 bits per heavy atom. The number of fused-ring (bicyclic) bond motifs is 1. The lowest BCUT2D eigenvalue weighted by molar-refractivity contribution is 0.0531. The molecule has 1 N–H and O–H groups in total. The van der Waals surface area contributed by atoms with Crippen molar-refractivity contribution < 1.29 is 23.7 Å². The maximum atomic E-state index is 12.5. The normalized spacial score (nSPS) is 10.9. The van der Waals surface area contributed by atoms with Gasteiger partial charge in [-0.05, 0) is 49.7 Å². The summed E-state index contributed by atoms with van der Waals surface area (Å²) < 4.78 is 23.3. The molecule has 9 heteroatoms. The Morgan fingerprint density at radius 2 is 1.76 bits per heavy atom. The van der Waals surface area contributed by atoms with E-state index in [9.17, 15) is 4.79 Å². The summed E-state index contributed by atoms with van der Waals surface area (Å²) in [5.74, 6) is 2.49. The number of imidazole rings is 1. The van der Waals surface area contributed by atoms with Crippen LogP contribution in [0.15, 0.2) is 42.5 Å². The number of nitrogens with zero attached hydrogens (tertiary/aromatic N) is 2. The van der Waals surface area contributed by atoms with E-state index in [2.05, 4.69) is 5.32 Å². The van der Waals surface area contributed by atoms with Gasteiger partial charge in [-0.1, -0.05) is 23.5 Å². The van der Waals surface area contributed by atoms with Crippen LogP contribution in [-0.2, 0) is 11.3 Å². The lowest BCUT2D eigenvalue weighted by atomic mass is 10.1. The van der Waals surface area contributed by atoms with Gasteiger partial charge in [0.1, 0.15) is 22.1 Å². The number of rotatable bonds is 9. The Morgan fingerprint density at radius 1 is 1.03 bits per heavy atom. The molecule has 0 unspecified atom stereocenters. The molecule has 34 heavy (non-hydrogen) atoms. The Labute approximate surface area is 202 Å². The highest BCUT2D eigenvalue weighted by Crippen LogP contribution is 2.38. The van der Waals surface area contributed by atoms with Crippen LogP contribution < -0.4 is 19.5 Å². The van der Waals surface area contributed by atoms with Gasteiger partial charge < -0.3 is 24.3 Å². The minimum atomic E-state index is -0.343. The molecule has 0 amide bonds. The van der Waals surface area contributed by atoms with Crippen LogP contribution in [0.1, 0.15) is 27.9 Å². The van der Waals surface area contributed by atoms with Crippen molar-refractivity contribution in [3.63, 3.8) is 0 Å². The molecule has 0 spiro atoms. The fourth-order valence-corrected chi connectivity index (χ4v) is 4.73. The number of thiazole rings is 1. The lowest BCUT2D eigenvalue weighted by Gasteiger charge is -2.12. The molecular formula is C25H27N3O5S. The molecular weight excluding hydrogens is 454 g/mol. The van der Waals surface area contributed by atoms with E-state index in [4.69, 9.17) is 23.9 Å². The van der Waals surface area contributed by atoms with Crippen LogP contribution in [0.2, 0.25) is 0 Å². The summed E-state index contributed by atoms with van der Waals surface area (Å²) in [6.45, 7) is 4.57. The number of hydrogen-bond donors (Lipinski definition) is 1. The lowest BCUT2D eigenvalue weighted by Crippen LogP contribution is -2.07. The van der Waals surface area contributed by atoms with Crippen molar-refractivity contribution in [2.24, 2.45) is 0 Å². The summed E-state index contributed by atoms with van der Waals surface area (Å²) in [6.07, 6.45) is 0. The topological polar surface area (TPSA) is 83.3 Å². The van der Waals surface area contributed by atoms with E-state index >= 15 is 0 Å². The molecule has 2 aromatic carbocycles. The molecule has 2 heterocycles. The first kappa shape index (κ1) is 23.4. The number of anilines is 1. The molecule has 178 valence electrons. The van der Waals surface area contributed by atoms with E-state index in [0.29, 0.717) is 34.5 Å². The van der Waals surface area contributed by atoms with Crippen molar-refractivity contribution in [1.29, 1.82) is 0 Å². The molecule has 0 saturated heterocycles. The molecule has 0 aliphatic carbocycles. The molecule has 2 aromatic heterocycles. The van der Waals surface area contributed by atoms with Gasteiger partial charge in [0.05, 0.1) is 27.9 Å². The number of aryl methyl sites for hydroxylation is 1. The third-order valence-corrected chi connectivity index (χ3v) is 6.56. The molecule has 0 fully saturated rings. The van der Waals surface area contributed by atoms with Crippen LogP contribution in [-0.4, -0.2) is 43.3 Å². The molecule has 4 aromatic rings. The van der Waals surface area contributed by atoms with Gasteiger partial charge in [0.15, 0.2) is 16.5 Å². The minimum absolute atomic E-state index is 0.317. The predicted octanol–water partition coefficient (Wildman–Crippen LogP) is 5.19. The van der Waals surface area contributed by atoms with E-state index < -0.39 is 0 Å². The van der Waals surface area contributed by atoms with Crippen molar-refractivity contribution in [2.75, 3.05) is 33.3 Å². The average molecular weight is 482 g/mol. The number of aromatic nitrogens is 2. The van der Waals surface area contributed by atoms with E-state index in [0.717, 1.165) is 34.1 Å². The zero-order valence-corrected chi connectivity index (χ0v) is 20.6. The number of carbonyl (C=O) groups excluding carboxylic acids is 1. The zero-order chi connectivity index (χ0) is 24.2. The number of methoxy groups -OCH3 is 3. The fourth-order valence-electron chi connectivity index (χ4n) is 3.71. The molecule has 0 radical (unpaired) electrons. The van der Waals surface area contributed by atoms with Crippen LogP contribution in [0.25, 0.3) is 16.2 Å². The van der Waals surface area contributed by atoms with Crippen molar-refractivity contribution in [1.82, 2.24) is 9.38 Å². The Hall–Kier alpha value is -3.72. The predicted molar refractivity (Wildman–Crippen MR) is 133 cm³/mol. The van der Waals surface area contributed by atoms with E-state index in [1.165, 1.54) is 11.3 Å². The minimum Gasteiger partial charge on any atom is -0.497 e. The number of esters is 1. The van der Waals surface area contributed by atoms with Crippen LogP contribution >= 0.6 is 11.3 Å². The third kappa shape index (κ3) is 4.38. The third-order valence-electron chi connectivity index (χ3n) is 5.44. The molecule has 8 nitrogen and oxygen atoms in total. The number of nitrogens with one attached hydrogen (secondary N) is 1. The highest BCUT2D eigenvalue weighted by Gasteiger charge is 2.24. The summed E-state index contributed by atoms with van der Waals surface area (Å²) >= 11 is 1.31. The highest BCUT2D eigenvalue weighted by molar-refractivity contribution is 7.19. The fraction of sp³-hybridized carbons (Fsp3) is 0.280. The van der Waals surface area contributed by atoms with Gasteiger partial charge in [-0.15, -0.1) is 0 Å². The van der Waals surface area contributed by atoms with Gasteiger partial charge in [-0.25, -0.2) is 9.78 Å². The Kier molecular flexibility index (Phi) is 6.93. The molecule has 0 saturated carbocycles. The van der Waals surface area contributed by atoms with Crippen LogP contribution in [0.3, 0.4) is 0 Å². The number of carbonyl (C=O) groups is 1. The first-order valence-corrected chi connectivity index (χ1v) is 11.6. The summed E-state index contributed by atoms with van der Waals surface area (Å²) in [5.41, 5.74) is 3.46. The number of benzene rings is 2. The summed E-state index contributed by atoms with van der Waals surface area (Å²) in [4.78, 5) is 18.6. The summed E-state index contributed by atoms with van der Waals surface area (Å²) in [6, 6.07) is 13.5. The SMILES string of the molecule is CCOC(=O)c1sc2nc(-c3ccc(OC)c(OC)c3)c(NCc3ccc(OC)cc3)n2c1C. The van der Waals surface area contributed by atoms with Gasteiger partial charge >= 0.3 is 5.97 Å². The monoisotopic (exact) mass is 481 g/mol. The molecule has 0 bridgehead atoms. The average Bonchev–Trinajstić information content (AvgIpc) is 3.39. The Bertz CT molecular complexity index is 1310. The second-order valence-electron chi connectivity index (χ2n) is 7.44. The summed E-state index contributed by atoms with van der Waals surface area (Å²) in [5, 5.41) is 3.52. The standard InChI is InChI=1S/C25H27N3O5S/c1-6-33-24(29)22-15(2)28-23(26-14-16-7-10-18(30-3)11-8-16)21(27-25(28)34-22)17-9-12-19(31-4)20(13-17)32-5/h7-13,26H,6,14H2,1-5H3. The smallest absolute Gasteiger partial charge is 0.350 e. The maximum absolute atomic E-state index is 12.5. The largest absolute Gasteiger partial charge is 0.497 e. The van der Waals surface area contributed by atoms with E-state index in [1.54, 1.807) is 28.3 Å². The Balaban J connectivity index is 1.80. The molecule has 0 atom stereocenters. The molecule has 0 aliphatic rings. The summed E-state index contributed by atoms with van der Waals surface area (Å²) in [7, 11) is 4.85. The van der Waals surface area contributed by atoms with E-state index in [-0.39, 0.29) is 5.97 Å². The number of hydrogen-bond acceptors (Lipinski definition) is 8. The van der Waals surface area contributed by atoms with Crippen LogP contribution in [0.5, 0.6) is 17.2 Å². The van der Waals surface area contributed by atoms with Crippen molar-refractivity contribution in [2.45, 2.75) is 20.4 Å². The van der Waals surface area contributed by atoms with Gasteiger partial charge in [-0.3, -0.25) is 4.40 Å². The second kappa shape index (κ2) is 10.0. The second-order valence-corrected chi connectivity index (χ2v) is 8.41. The first-order valence-electron chi connectivity index (χ1n) is 10.8. The zero-order valence-electron chi connectivity index (χ0n) is 19.8. The number of ether oxygens (including phenoxy) is 4. The van der Waals surface area contributed by atoms with Gasteiger partial charge in [-0.2, -0.15) is 0 Å². The highest BCUT2D eigenvalue weighted by atomic mass is 32.1. The van der Waals surface area contributed by atoms with Crippen molar-refractivity contribution in [3.05, 3.63) is 58.6 Å².